The molecular weight excluding hydrogens is 476 g/mol. The van der Waals surface area contributed by atoms with Gasteiger partial charge in [-0.25, -0.2) is 4.79 Å². The summed E-state index contributed by atoms with van der Waals surface area (Å²) >= 11 is 6.10. The van der Waals surface area contributed by atoms with E-state index in [1.165, 1.54) is 51.4 Å². The van der Waals surface area contributed by atoms with Gasteiger partial charge in [0.15, 0.2) is 0 Å². The van der Waals surface area contributed by atoms with Crippen LogP contribution < -0.4 is 0 Å². The topological polar surface area (TPSA) is 26.3 Å². The highest BCUT2D eigenvalue weighted by Gasteiger charge is 2.59. The van der Waals surface area contributed by atoms with Gasteiger partial charge in [-0.2, -0.15) is 0 Å². The molecular formula is C34H49ClO2. The lowest BCUT2D eigenvalue weighted by atomic mass is 9.47. The zero-order chi connectivity index (χ0) is 26.4. The molecule has 8 atom stereocenters. The van der Waals surface area contributed by atoms with Crippen molar-refractivity contribution in [3.05, 3.63) is 46.5 Å². The third-order valence-corrected chi connectivity index (χ3v) is 11.8. The molecule has 0 radical (unpaired) electrons. The number of esters is 1. The van der Waals surface area contributed by atoms with Crippen molar-refractivity contribution in [1.82, 2.24) is 0 Å². The van der Waals surface area contributed by atoms with Gasteiger partial charge in [0.05, 0.1) is 5.56 Å². The molecule has 2 nitrogen and oxygen atoms in total. The molecule has 0 aliphatic heterocycles. The fourth-order valence-electron chi connectivity index (χ4n) is 9.59. The number of halogens is 1. The minimum Gasteiger partial charge on any atom is -0.458 e. The maximum atomic E-state index is 12.8. The van der Waals surface area contributed by atoms with Crippen LogP contribution in [-0.2, 0) is 4.74 Å². The molecule has 3 fully saturated rings. The van der Waals surface area contributed by atoms with Gasteiger partial charge < -0.3 is 4.74 Å². The van der Waals surface area contributed by atoms with Gasteiger partial charge in [0.1, 0.15) is 6.10 Å². The monoisotopic (exact) mass is 524 g/mol. The molecule has 3 heteroatoms. The van der Waals surface area contributed by atoms with E-state index in [9.17, 15) is 4.79 Å². The van der Waals surface area contributed by atoms with Crippen LogP contribution in [0.4, 0.5) is 0 Å². The summed E-state index contributed by atoms with van der Waals surface area (Å²) < 4.78 is 6.00. The van der Waals surface area contributed by atoms with E-state index < -0.39 is 0 Å². The van der Waals surface area contributed by atoms with Crippen molar-refractivity contribution in [2.24, 2.45) is 46.3 Å². The van der Waals surface area contributed by atoms with E-state index in [0.717, 1.165) is 54.8 Å². The third kappa shape index (κ3) is 5.18. The van der Waals surface area contributed by atoms with Crippen molar-refractivity contribution in [3.63, 3.8) is 0 Å². The van der Waals surface area contributed by atoms with Crippen molar-refractivity contribution in [1.29, 1.82) is 0 Å². The molecule has 0 saturated heterocycles. The number of fused-ring (bicyclic) bond motifs is 5. The Bertz CT molecular complexity index is 1010. The van der Waals surface area contributed by atoms with E-state index in [1.54, 1.807) is 23.8 Å². The van der Waals surface area contributed by atoms with Crippen LogP contribution in [0.15, 0.2) is 35.9 Å². The number of carbonyl (C=O) groups is 1. The Hall–Kier alpha value is -1.28. The Morgan fingerprint density at radius 3 is 2.62 bits per heavy atom. The largest absolute Gasteiger partial charge is 0.458 e. The molecule has 0 amide bonds. The highest BCUT2D eigenvalue weighted by atomic mass is 35.5. The average molecular weight is 525 g/mol. The first kappa shape index (κ1) is 27.3. The summed E-state index contributed by atoms with van der Waals surface area (Å²) in [5.41, 5.74) is 2.94. The van der Waals surface area contributed by atoms with E-state index in [4.69, 9.17) is 16.3 Å². The summed E-state index contributed by atoms with van der Waals surface area (Å²) in [6.45, 7) is 12.5. The number of allylic oxidation sites excluding steroid dienone is 1. The Kier molecular flexibility index (Phi) is 7.90. The van der Waals surface area contributed by atoms with Gasteiger partial charge in [-0.3, -0.25) is 0 Å². The van der Waals surface area contributed by atoms with Crippen molar-refractivity contribution in [2.45, 2.75) is 111 Å². The van der Waals surface area contributed by atoms with Crippen LogP contribution in [0, 0.1) is 46.3 Å². The number of hydrogen-bond donors (Lipinski definition) is 0. The molecule has 5 rings (SSSR count). The second-order valence-corrected chi connectivity index (χ2v) is 14.5. The first-order chi connectivity index (χ1) is 17.6. The molecule has 4 aliphatic rings. The third-order valence-electron chi connectivity index (χ3n) is 11.6. The van der Waals surface area contributed by atoms with Gasteiger partial charge in [-0.1, -0.05) is 83.2 Å². The van der Waals surface area contributed by atoms with Crippen molar-refractivity contribution < 1.29 is 9.53 Å². The van der Waals surface area contributed by atoms with Gasteiger partial charge >= 0.3 is 5.97 Å². The predicted octanol–water partition coefficient (Wildman–Crippen LogP) is 9.91. The number of ether oxygens (including phenoxy) is 1. The minimum absolute atomic E-state index is 0.0150. The fourth-order valence-corrected chi connectivity index (χ4v) is 9.78. The maximum absolute atomic E-state index is 12.8. The van der Waals surface area contributed by atoms with E-state index in [-0.39, 0.29) is 17.5 Å². The van der Waals surface area contributed by atoms with Gasteiger partial charge in [-0.15, -0.1) is 0 Å². The van der Waals surface area contributed by atoms with E-state index in [0.29, 0.717) is 16.0 Å². The molecule has 0 heterocycles. The van der Waals surface area contributed by atoms with Crippen LogP contribution >= 0.6 is 11.6 Å². The lowest BCUT2D eigenvalue weighted by Gasteiger charge is -2.58. The molecule has 3 saturated carbocycles. The quantitative estimate of drug-likeness (QED) is 0.262. The smallest absolute Gasteiger partial charge is 0.338 e. The number of benzene rings is 1. The molecule has 0 bridgehead atoms. The summed E-state index contributed by atoms with van der Waals surface area (Å²) in [6, 6.07) is 7.12. The first-order valence-corrected chi connectivity index (χ1v) is 15.7. The molecule has 1 aromatic carbocycles. The van der Waals surface area contributed by atoms with E-state index in [2.05, 4.69) is 40.7 Å². The van der Waals surface area contributed by atoms with Gasteiger partial charge in [0.2, 0.25) is 0 Å². The Balaban J connectivity index is 1.25. The summed E-state index contributed by atoms with van der Waals surface area (Å²) in [7, 11) is 0. The molecule has 0 N–H and O–H groups in total. The van der Waals surface area contributed by atoms with Crippen molar-refractivity contribution >= 4 is 17.6 Å². The second-order valence-electron chi connectivity index (χ2n) is 14.1. The normalized spacial score (nSPS) is 37.8. The number of carbonyl (C=O) groups excluding carboxylic acids is 1. The van der Waals surface area contributed by atoms with Gasteiger partial charge in [0.25, 0.3) is 0 Å². The van der Waals surface area contributed by atoms with Crippen LogP contribution in [0.25, 0.3) is 0 Å². The standard InChI is InChI=1S/C34H49ClO2/c1-22(2)8-6-9-23(3)29-14-15-30-28-13-12-25-21-27(37-32(36)24-10-7-11-26(35)20-24)16-18-33(25,4)31(28)17-19-34(29,30)5/h7,10-12,20,22-23,27-31H,6,8-9,13-19,21H2,1-5H3/t23-,27-,28+,29-,30-,31+,33-,34+/m0/s1. The van der Waals surface area contributed by atoms with Crippen LogP contribution in [0.2, 0.25) is 5.02 Å². The SMILES string of the molecule is CC(C)CCC[C@H](C)[C@@H]1CC[C@H]2[C@H]3CC=C4C[C@@H](OC(=O)c5cccc(Cl)c5)CC[C@]4(C)[C@@H]3CC[C@@]21C. The zero-order valence-electron chi connectivity index (χ0n) is 23.9. The van der Waals surface area contributed by atoms with Gasteiger partial charge in [0, 0.05) is 11.4 Å². The lowest BCUT2D eigenvalue weighted by Crippen LogP contribution is -2.51. The fraction of sp³-hybridized carbons (Fsp3) is 0.735. The second kappa shape index (κ2) is 10.7. The highest BCUT2D eigenvalue weighted by Crippen LogP contribution is 2.67. The zero-order valence-corrected chi connectivity index (χ0v) is 24.7. The predicted molar refractivity (Wildman–Crippen MR) is 154 cm³/mol. The molecule has 4 aliphatic carbocycles. The molecule has 204 valence electrons. The number of hydrogen-bond acceptors (Lipinski definition) is 2. The Labute approximate surface area is 231 Å². The lowest BCUT2D eigenvalue weighted by molar-refractivity contribution is -0.0594. The maximum Gasteiger partial charge on any atom is 0.338 e. The number of rotatable bonds is 7. The van der Waals surface area contributed by atoms with Gasteiger partial charge in [-0.05, 0) is 109 Å². The van der Waals surface area contributed by atoms with Crippen LogP contribution in [0.1, 0.15) is 116 Å². The van der Waals surface area contributed by atoms with Crippen LogP contribution in [0.5, 0.6) is 0 Å². The van der Waals surface area contributed by atoms with E-state index in [1.807, 2.05) is 6.07 Å². The van der Waals surface area contributed by atoms with Crippen LogP contribution in [-0.4, -0.2) is 12.1 Å². The average Bonchev–Trinajstić information content (AvgIpc) is 3.21. The van der Waals surface area contributed by atoms with E-state index >= 15 is 0 Å². The first-order valence-electron chi connectivity index (χ1n) is 15.3. The summed E-state index contributed by atoms with van der Waals surface area (Å²) in [5.74, 6) is 4.88. The Morgan fingerprint density at radius 2 is 1.86 bits per heavy atom. The molecule has 0 unspecified atom stereocenters. The summed E-state index contributed by atoms with van der Waals surface area (Å²) in [4.78, 5) is 12.8. The molecule has 0 aromatic heterocycles. The van der Waals surface area contributed by atoms with Crippen molar-refractivity contribution in [2.75, 3.05) is 0 Å². The Morgan fingerprint density at radius 1 is 1.05 bits per heavy atom. The molecule has 1 aromatic rings. The van der Waals surface area contributed by atoms with Crippen molar-refractivity contribution in [3.8, 4) is 0 Å². The van der Waals surface area contributed by atoms with Crippen LogP contribution in [0.3, 0.4) is 0 Å². The minimum atomic E-state index is -0.238. The molecule has 0 spiro atoms. The summed E-state index contributed by atoms with van der Waals surface area (Å²) in [6.07, 6.45) is 16.7. The highest BCUT2D eigenvalue weighted by molar-refractivity contribution is 6.30. The molecule has 37 heavy (non-hydrogen) atoms. The summed E-state index contributed by atoms with van der Waals surface area (Å²) in [5, 5.41) is 0.579.